The summed E-state index contributed by atoms with van der Waals surface area (Å²) in [5.74, 6) is 0.384. The molecule has 1 N–H and O–H groups in total. The molecule has 0 heterocycles. The topological polar surface area (TPSA) is 20.2 Å². The lowest BCUT2D eigenvalue weighted by atomic mass is 10.0. The van der Waals surface area contributed by atoms with E-state index in [1.165, 1.54) is 44.1 Å². The molecule has 0 spiro atoms. The molecule has 0 aliphatic heterocycles. The molecule has 0 amide bonds. The van der Waals surface area contributed by atoms with Crippen LogP contribution < -0.4 is 0 Å². The van der Waals surface area contributed by atoms with Gasteiger partial charge in [-0.25, -0.2) is 0 Å². The van der Waals surface area contributed by atoms with Crippen molar-refractivity contribution >= 4 is 0 Å². The predicted octanol–water partition coefficient (Wildman–Crippen LogP) is 5.24. The monoisotopic (exact) mass is 246 g/mol. The van der Waals surface area contributed by atoms with Gasteiger partial charge in [0.25, 0.3) is 0 Å². The number of hydrogen-bond acceptors (Lipinski definition) is 1. The molecule has 100 valence electrons. The van der Waals surface area contributed by atoms with Crippen LogP contribution in [0.15, 0.2) is 36.4 Å². The lowest BCUT2D eigenvalue weighted by Gasteiger charge is -2.02. The van der Waals surface area contributed by atoms with Gasteiger partial charge < -0.3 is 5.11 Å². The highest BCUT2D eigenvalue weighted by molar-refractivity contribution is 5.27. The summed E-state index contributed by atoms with van der Waals surface area (Å²) in [6, 6.07) is 7.61. The Balaban J connectivity index is 1.97. The second kappa shape index (κ2) is 9.76. The Kier molecular flexibility index (Phi) is 8.03. The number of phenols is 1. The normalized spacial score (nSPS) is 11.2. The summed E-state index contributed by atoms with van der Waals surface area (Å²) < 4.78 is 0. The summed E-state index contributed by atoms with van der Waals surface area (Å²) in [5.41, 5.74) is 1.25. The fraction of sp³-hybridized carbons (Fsp3) is 0.529. The maximum absolute atomic E-state index is 9.35. The quantitative estimate of drug-likeness (QED) is 0.466. The Hall–Kier alpha value is -1.24. The van der Waals surface area contributed by atoms with Crippen molar-refractivity contribution in [2.75, 3.05) is 0 Å². The van der Waals surface area contributed by atoms with E-state index in [1.807, 2.05) is 12.1 Å². The molecule has 0 saturated heterocycles. The Morgan fingerprint density at radius 1 is 1.00 bits per heavy atom. The largest absolute Gasteiger partial charge is 0.508 e. The molecule has 18 heavy (non-hydrogen) atoms. The van der Waals surface area contributed by atoms with Crippen LogP contribution in [0.25, 0.3) is 0 Å². The number of benzene rings is 1. The summed E-state index contributed by atoms with van der Waals surface area (Å²) >= 11 is 0. The van der Waals surface area contributed by atoms with Crippen LogP contribution in [-0.2, 0) is 6.42 Å². The third kappa shape index (κ3) is 7.16. The van der Waals surface area contributed by atoms with Gasteiger partial charge in [0.2, 0.25) is 0 Å². The molecular weight excluding hydrogens is 220 g/mol. The minimum Gasteiger partial charge on any atom is -0.508 e. The number of allylic oxidation sites excluding steroid dienone is 2. The van der Waals surface area contributed by atoms with Gasteiger partial charge in [0, 0.05) is 0 Å². The highest BCUT2D eigenvalue weighted by Gasteiger charge is 1.95. The van der Waals surface area contributed by atoms with Crippen molar-refractivity contribution in [3.8, 4) is 5.75 Å². The minimum absolute atomic E-state index is 0.384. The first-order valence-corrected chi connectivity index (χ1v) is 7.26. The molecule has 0 fully saturated rings. The van der Waals surface area contributed by atoms with Crippen molar-refractivity contribution in [2.45, 2.75) is 58.3 Å². The summed E-state index contributed by atoms with van der Waals surface area (Å²) in [7, 11) is 0. The van der Waals surface area contributed by atoms with Gasteiger partial charge in [-0.15, -0.1) is 0 Å². The van der Waals surface area contributed by atoms with E-state index in [9.17, 15) is 5.11 Å². The third-order valence-electron chi connectivity index (χ3n) is 3.15. The van der Waals surface area contributed by atoms with Gasteiger partial charge in [-0.05, 0) is 49.8 Å². The zero-order chi connectivity index (χ0) is 13.1. The molecule has 1 heteroatoms. The number of unbranched alkanes of at least 4 members (excludes halogenated alkanes) is 5. The van der Waals surface area contributed by atoms with Gasteiger partial charge in [-0.3, -0.25) is 0 Å². The Morgan fingerprint density at radius 2 is 1.78 bits per heavy atom. The molecule has 0 aromatic heterocycles. The van der Waals surface area contributed by atoms with E-state index in [0.717, 1.165) is 12.8 Å². The summed E-state index contributed by atoms with van der Waals surface area (Å²) in [6.45, 7) is 2.18. The van der Waals surface area contributed by atoms with E-state index < -0.39 is 0 Å². The van der Waals surface area contributed by atoms with E-state index in [2.05, 4.69) is 25.1 Å². The standard InChI is InChI=1S/C17H26O/c1-2-3-4-5-6-7-8-9-10-12-16-13-11-14-17(18)15-16/h3-4,11,13-15,18H,2,5-10,12H2,1H3/b4-3-. The van der Waals surface area contributed by atoms with E-state index in [1.54, 1.807) is 6.07 Å². The maximum atomic E-state index is 9.35. The molecule has 1 nitrogen and oxygen atoms in total. The number of aromatic hydroxyl groups is 1. The van der Waals surface area contributed by atoms with E-state index >= 15 is 0 Å². The van der Waals surface area contributed by atoms with Crippen molar-refractivity contribution in [1.29, 1.82) is 0 Å². The van der Waals surface area contributed by atoms with Gasteiger partial charge in [0.15, 0.2) is 0 Å². The average molecular weight is 246 g/mol. The van der Waals surface area contributed by atoms with Crippen LogP contribution in [0.2, 0.25) is 0 Å². The van der Waals surface area contributed by atoms with Crippen molar-refractivity contribution in [3.05, 3.63) is 42.0 Å². The first kappa shape index (κ1) is 14.8. The predicted molar refractivity (Wildman–Crippen MR) is 78.9 cm³/mol. The minimum atomic E-state index is 0.384. The fourth-order valence-corrected chi connectivity index (χ4v) is 2.12. The van der Waals surface area contributed by atoms with Crippen LogP contribution in [0.3, 0.4) is 0 Å². The lowest BCUT2D eigenvalue weighted by Crippen LogP contribution is -1.86. The van der Waals surface area contributed by atoms with Crippen LogP contribution in [0.5, 0.6) is 5.75 Å². The Bertz CT molecular complexity index is 341. The number of aryl methyl sites for hydroxylation is 1. The third-order valence-corrected chi connectivity index (χ3v) is 3.15. The van der Waals surface area contributed by atoms with Crippen molar-refractivity contribution in [3.63, 3.8) is 0 Å². The van der Waals surface area contributed by atoms with Gasteiger partial charge in [0.1, 0.15) is 5.75 Å². The van der Waals surface area contributed by atoms with Crippen molar-refractivity contribution in [1.82, 2.24) is 0 Å². The zero-order valence-corrected chi connectivity index (χ0v) is 11.6. The molecule has 1 rings (SSSR count). The molecule has 0 saturated carbocycles. The first-order chi connectivity index (χ1) is 8.83. The molecule has 1 aromatic rings. The molecule has 0 radical (unpaired) electrons. The van der Waals surface area contributed by atoms with E-state index in [-0.39, 0.29) is 0 Å². The van der Waals surface area contributed by atoms with Crippen LogP contribution in [-0.4, -0.2) is 5.11 Å². The van der Waals surface area contributed by atoms with E-state index in [4.69, 9.17) is 0 Å². The van der Waals surface area contributed by atoms with Crippen molar-refractivity contribution < 1.29 is 5.11 Å². The van der Waals surface area contributed by atoms with E-state index in [0.29, 0.717) is 5.75 Å². The van der Waals surface area contributed by atoms with Crippen LogP contribution in [0, 0.1) is 0 Å². The zero-order valence-electron chi connectivity index (χ0n) is 11.6. The molecule has 0 aliphatic rings. The molecule has 0 aliphatic carbocycles. The second-order valence-electron chi connectivity index (χ2n) is 4.86. The molecule has 0 atom stereocenters. The molecule has 0 bridgehead atoms. The Labute approximate surface area is 112 Å². The highest BCUT2D eigenvalue weighted by atomic mass is 16.3. The fourth-order valence-electron chi connectivity index (χ4n) is 2.12. The van der Waals surface area contributed by atoms with Crippen molar-refractivity contribution in [2.24, 2.45) is 0 Å². The summed E-state index contributed by atoms with van der Waals surface area (Å²) in [6.07, 6.45) is 14.6. The molecular formula is C17H26O. The highest BCUT2D eigenvalue weighted by Crippen LogP contribution is 2.14. The van der Waals surface area contributed by atoms with Crippen LogP contribution >= 0.6 is 0 Å². The lowest BCUT2D eigenvalue weighted by molar-refractivity contribution is 0.474. The summed E-state index contributed by atoms with van der Waals surface area (Å²) in [4.78, 5) is 0. The smallest absolute Gasteiger partial charge is 0.115 e. The first-order valence-electron chi connectivity index (χ1n) is 7.26. The van der Waals surface area contributed by atoms with Crippen LogP contribution in [0.1, 0.15) is 57.4 Å². The number of hydrogen-bond donors (Lipinski definition) is 1. The van der Waals surface area contributed by atoms with Gasteiger partial charge in [0.05, 0.1) is 0 Å². The van der Waals surface area contributed by atoms with Crippen LogP contribution in [0.4, 0.5) is 0 Å². The maximum Gasteiger partial charge on any atom is 0.115 e. The van der Waals surface area contributed by atoms with Gasteiger partial charge in [-0.1, -0.05) is 50.5 Å². The number of phenolic OH excluding ortho intramolecular Hbond substituents is 1. The Morgan fingerprint density at radius 3 is 2.56 bits per heavy atom. The SMILES string of the molecule is CC/C=C\CCCCCCCc1cccc(O)c1. The summed E-state index contributed by atoms with van der Waals surface area (Å²) in [5, 5.41) is 9.35. The van der Waals surface area contributed by atoms with Gasteiger partial charge >= 0.3 is 0 Å². The van der Waals surface area contributed by atoms with Gasteiger partial charge in [-0.2, -0.15) is 0 Å². The molecule has 1 aromatic carbocycles. The number of rotatable bonds is 9. The molecule has 0 unspecified atom stereocenters. The average Bonchev–Trinajstić information content (AvgIpc) is 2.37. The second-order valence-corrected chi connectivity index (χ2v) is 4.86.